The van der Waals surface area contributed by atoms with Crippen molar-refractivity contribution >= 4 is 17.3 Å². The van der Waals surface area contributed by atoms with E-state index in [1.54, 1.807) is 24.3 Å². The van der Waals surface area contributed by atoms with Gasteiger partial charge in [-0.15, -0.1) is 5.11 Å². The highest BCUT2D eigenvalue weighted by Gasteiger charge is 2.10. The van der Waals surface area contributed by atoms with Crippen molar-refractivity contribution < 1.29 is 4.79 Å². The summed E-state index contributed by atoms with van der Waals surface area (Å²) < 4.78 is 0. The fourth-order valence-electron chi connectivity index (χ4n) is 1.53. The first-order valence-corrected chi connectivity index (χ1v) is 5.37. The van der Waals surface area contributed by atoms with Crippen molar-refractivity contribution in [2.45, 2.75) is 0 Å². The molecule has 90 valence electrons. The first-order chi connectivity index (χ1) is 8.81. The fraction of sp³-hybridized carbons (Fsp3) is 0. The number of benzene rings is 2. The summed E-state index contributed by atoms with van der Waals surface area (Å²) >= 11 is 0. The van der Waals surface area contributed by atoms with E-state index in [-0.39, 0.29) is 5.91 Å². The van der Waals surface area contributed by atoms with Crippen LogP contribution in [0.4, 0.5) is 11.4 Å². The maximum Gasteiger partial charge on any atom is 0.257 e. The van der Waals surface area contributed by atoms with Crippen LogP contribution in [-0.4, -0.2) is 5.91 Å². The highest BCUT2D eigenvalue weighted by atomic mass is 16.1. The zero-order valence-electron chi connectivity index (χ0n) is 9.58. The van der Waals surface area contributed by atoms with Gasteiger partial charge in [0.25, 0.3) is 5.91 Å². The number of hydrogen-bond donors (Lipinski definition) is 2. The lowest BCUT2D eigenvalue weighted by Gasteiger charge is -2.06. The van der Waals surface area contributed by atoms with E-state index < -0.39 is 0 Å². The molecule has 5 heteroatoms. The van der Waals surface area contributed by atoms with Crippen molar-refractivity contribution in [3.8, 4) is 0 Å². The number of hydrogen-bond acceptors (Lipinski definition) is 3. The Morgan fingerprint density at radius 2 is 1.67 bits per heavy atom. The highest BCUT2D eigenvalue weighted by molar-refractivity contribution is 6.07. The zero-order chi connectivity index (χ0) is 12.8. The van der Waals surface area contributed by atoms with Gasteiger partial charge in [0.05, 0.1) is 5.56 Å². The zero-order valence-corrected chi connectivity index (χ0v) is 9.58. The molecule has 0 heterocycles. The lowest BCUT2D eigenvalue weighted by atomic mass is 10.1. The Bertz CT molecular complexity index is 566. The molecule has 2 aromatic rings. The van der Waals surface area contributed by atoms with E-state index in [9.17, 15) is 4.79 Å². The van der Waals surface area contributed by atoms with Crippen LogP contribution in [0.3, 0.4) is 0 Å². The number of carbonyl (C=O) groups is 1. The van der Waals surface area contributed by atoms with Crippen molar-refractivity contribution in [1.29, 1.82) is 0 Å². The summed E-state index contributed by atoms with van der Waals surface area (Å²) in [6, 6.07) is 16.1. The normalized spacial score (nSPS) is 10.4. The number of anilines is 1. The largest absolute Gasteiger partial charge is 0.322 e. The van der Waals surface area contributed by atoms with Crippen LogP contribution in [0.25, 0.3) is 0 Å². The Morgan fingerprint density at radius 1 is 1.00 bits per heavy atom. The third kappa shape index (κ3) is 2.70. The summed E-state index contributed by atoms with van der Waals surface area (Å²) in [5.74, 6) is 4.76. The molecule has 0 aromatic heterocycles. The molecule has 0 aliphatic rings. The van der Waals surface area contributed by atoms with Gasteiger partial charge in [-0.2, -0.15) is 0 Å². The van der Waals surface area contributed by atoms with Crippen molar-refractivity contribution in [2.24, 2.45) is 16.2 Å². The topological polar surface area (TPSA) is 79.8 Å². The van der Waals surface area contributed by atoms with E-state index in [1.807, 2.05) is 30.3 Å². The van der Waals surface area contributed by atoms with Gasteiger partial charge < -0.3 is 11.2 Å². The van der Waals surface area contributed by atoms with Gasteiger partial charge >= 0.3 is 0 Å². The molecule has 0 unspecified atom stereocenters. The van der Waals surface area contributed by atoms with E-state index >= 15 is 0 Å². The lowest BCUT2D eigenvalue weighted by Crippen LogP contribution is -2.11. The summed E-state index contributed by atoms with van der Waals surface area (Å²) in [7, 11) is 0. The number of carbonyl (C=O) groups excluding carboxylic acids is 1. The first-order valence-electron chi connectivity index (χ1n) is 5.37. The molecule has 2 rings (SSSR count). The Hall–Kier alpha value is -2.69. The maximum atomic E-state index is 12.1. The van der Waals surface area contributed by atoms with Crippen LogP contribution in [0, 0.1) is 0 Å². The molecule has 2 aromatic carbocycles. The van der Waals surface area contributed by atoms with Gasteiger partial charge in [-0.25, -0.2) is 0 Å². The lowest BCUT2D eigenvalue weighted by molar-refractivity contribution is 0.102. The van der Waals surface area contributed by atoms with E-state index in [4.69, 9.17) is 5.84 Å². The summed E-state index contributed by atoms with van der Waals surface area (Å²) in [5.41, 5.74) is 1.59. The SMILES string of the molecule is NN=Nc1ccccc1C(=O)Nc1ccccc1. The average Bonchev–Trinajstić information content (AvgIpc) is 2.41. The molecule has 0 radical (unpaired) electrons. The predicted octanol–water partition coefficient (Wildman–Crippen LogP) is 2.90. The van der Waals surface area contributed by atoms with Crippen molar-refractivity contribution in [2.75, 3.05) is 5.32 Å². The molecule has 0 fully saturated rings. The Morgan fingerprint density at radius 3 is 2.39 bits per heavy atom. The second-order valence-electron chi connectivity index (χ2n) is 3.55. The molecule has 18 heavy (non-hydrogen) atoms. The molecular formula is C13H12N4O. The monoisotopic (exact) mass is 240 g/mol. The number of rotatable bonds is 3. The average molecular weight is 240 g/mol. The molecule has 0 saturated carbocycles. The van der Waals surface area contributed by atoms with Crippen LogP contribution in [0.1, 0.15) is 10.4 Å². The standard InChI is InChI=1S/C13H12N4O/c14-17-16-12-9-5-4-8-11(12)13(18)15-10-6-2-1-3-7-10/h1-9H,(H2,14,16)(H,15,18). The van der Waals surface area contributed by atoms with Gasteiger partial charge in [0.2, 0.25) is 0 Å². The second-order valence-corrected chi connectivity index (χ2v) is 3.55. The van der Waals surface area contributed by atoms with Gasteiger partial charge in [-0.05, 0) is 24.3 Å². The number of nitrogens with zero attached hydrogens (tertiary/aromatic N) is 2. The van der Waals surface area contributed by atoms with Crippen LogP contribution in [0.15, 0.2) is 64.9 Å². The molecule has 0 spiro atoms. The van der Waals surface area contributed by atoms with E-state index in [1.165, 1.54) is 0 Å². The minimum absolute atomic E-state index is 0.246. The summed E-state index contributed by atoms with van der Waals surface area (Å²) in [6.45, 7) is 0. The molecule has 1 amide bonds. The van der Waals surface area contributed by atoms with Gasteiger partial charge in [0.1, 0.15) is 5.69 Å². The Kier molecular flexibility index (Phi) is 3.66. The minimum Gasteiger partial charge on any atom is -0.322 e. The molecule has 3 N–H and O–H groups in total. The number of nitrogens with two attached hydrogens (primary N) is 1. The second kappa shape index (κ2) is 5.58. The first kappa shape index (κ1) is 11.8. The van der Waals surface area contributed by atoms with Crippen LogP contribution >= 0.6 is 0 Å². The maximum absolute atomic E-state index is 12.1. The summed E-state index contributed by atoms with van der Waals surface area (Å²) in [6.07, 6.45) is 0. The number of nitrogens with one attached hydrogen (secondary N) is 1. The molecule has 5 nitrogen and oxygen atoms in total. The van der Waals surface area contributed by atoms with Crippen molar-refractivity contribution in [3.63, 3.8) is 0 Å². The highest BCUT2D eigenvalue weighted by Crippen LogP contribution is 2.20. The molecular weight excluding hydrogens is 228 g/mol. The molecule has 0 saturated heterocycles. The van der Waals surface area contributed by atoms with Crippen LogP contribution < -0.4 is 11.2 Å². The minimum atomic E-state index is -0.246. The smallest absolute Gasteiger partial charge is 0.257 e. The predicted molar refractivity (Wildman–Crippen MR) is 69.5 cm³/mol. The van der Waals surface area contributed by atoms with Crippen LogP contribution in [0.2, 0.25) is 0 Å². The number of para-hydroxylation sites is 1. The van der Waals surface area contributed by atoms with E-state index in [2.05, 4.69) is 15.7 Å². The van der Waals surface area contributed by atoms with Gasteiger partial charge in [0, 0.05) is 5.69 Å². The Balaban J connectivity index is 2.24. The summed E-state index contributed by atoms with van der Waals surface area (Å²) in [4.78, 5) is 12.1. The van der Waals surface area contributed by atoms with Crippen molar-refractivity contribution in [1.82, 2.24) is 0 Å². The quantitative estimate of drug-likeness (QED) is 0.491. The third-order valence-corrected chi connectivity index (χ3v) is 2.35. The Labute approximate surface area is 104 Å². The van der Waals surface area contributed by atoms with E-state index in [0.717, 1.165) is 5.69 Å². The molecule has 0 bridgehead atoms. The summed E-state index contributed by atoms with van der Waals surface area (Å²) in [5, 5.41) is 9.69. The fourth-order valence-corrected chi connectivity index (χ4v) is 1.53. The molecule has 0 aliphatic carbocycles. The number of amides is 1. The van der Waals surface area contributed by atoms with Gasteiger partial charge in [-0.1, -0.05) is 35.6 Å². The van der Waals surface area contributed by atoms with Gasteiger partial charge in [-0.3, -0.25) is 4.79 Å². The molecule has 0 atom stereocenters. The van der Waals surface area contributed by atoms with Gasteiger partial charge in [0.15, 0.2) is 0 Å². The van der Waals surface area contributed by atoms with Crippen LogP contribution in [0.5, 0.6) is 0 Å². The van der Waals surface area contributed by atoms with Crippen LogP contribution in [-0.2, 0) is 0 Å². The third-order valence-electron chi connectivity index (χ3n) is 2.35. The molecule has 0 aliphatic heterocycles. The van der Waals surface area contributed by atoms with E-state index in [0.29, 0.717) is 11.3 Å². The van der Waals surface area contributed by atoms with Crippen molar-refractivity contribution in [3.05, 3.63) is 60.2 Å².